The maximum absolute atomic E-state index is 5.73. The van der Waals surface area contributed by atoms with Crippen molar-refractivity contribution in [1.82, 2.24) is 9.97 Å². The molecule has 0 radical (unpaired) electrons. The lowest BCUT2D eigenvalue weighted by molar-refractivity contribution is 0.0870. The van der Waals surface area contributed by atoms with Gasteiger partial charge in [0.25, 0.3) is 0 Å². The van der Waals surface area contributed by atoms with Crippen molar-refractivity contribution in [2.24, 2.45) is 0 Å². The number of hydrogen-bond acceptors (Lipinski definition) is 5. The summed E-state index contributed by atoms with van der Waals surface area (Å²) in [6.07, 6.45) is 1.59. The predicted molar refractivity (Wildman–Crippen MR) is 61.0 cm³/mol. The third-order valence-electron chi connectivity index (χ3n) is 1.68. The third kappa shape index (κ3) is 3.89. The van der Waals surface area contributed by atoms with E-state index in [1.807, 2.05) is 13.8 Å². The van der Waals surface area contributed by atoms with E-state index in [1.165, 1.54) is 6.33 Å². The SMILES string of the molecule is CC(C)OCCNc1ncnc(Cl)c1N. The number of nitrogens with zero attached hydrogens (tertiary/aromatic N) is 2. The molecule has 0 aromatic carbocycles. The summed E-state index contributed by atoms with van der Waals surface area (Å²) in [6, 6.07) is 0. The zero-order valence-corrected chi connectivity index (χ0v) is 9.58. The van der Waals surface area contributed by atoms with Crippen molar-refractivity contribution in [3.05, 3.63) is 11.5 Å². The molecule has 6 heteroatoms. The Morgan fingerprint density at radius 2 is 2.27 bits per heavy atom. The topological polar surface area (TPSA) is 73.1 Å². The number of nitrogens with one attached hydrogen (secondary N) is 1. The number of nitrogen functional groups attached to an aromatic ring is 1. The number of hydrogen-bond donors (Lipinski definition) is 2. The van der Waals surface area contributed by atoms with Crippen LogP contribution in [0.2, 0.25) is 5.15 Å². The second-order valence-electron chi connectivity index (χ2n) is 3.27. The van der Waals surface area contributed by atoms with Gasteiger partial charge in [-0.2, -0.15) is 0 Å². The summed E-state index contributed by atoms with van der Waals surface area (Å²) >= 11 is 5.73. The molecule has 0 atom stereocenters. The number of aromatic nitrogens is 2. The average molecular weight is 231 g/mol. The summed E-state index contributed by atoms with van der Waals surface area (Å²) in [5.41, 5.74) is 6.03. The molecule has 1 rings (SSSR count). The molecule has 0 saturated heterocycles. The summed E-state index contributed by atoms with van der Waals surface area (Å²) in [6.45, 7) is 5.19. The van der Waals surface area contributed by atoms with Gasteiger partial charge in [-0.15, -0.1) is 0 Å². The Balaban J connectivity index is 2.41. The molecule has 0 bridgehead atoms. The summed E-state index contributed by atoms with van der Waals surface area (Å²) in [7, 11) is 0. The second kappa shape index (κ2) is 5.72. The maximum atomic E-state index is 5.73. The molecule has 0 aliphatic carbocycles. The van der Waals surface area contributed by atoms with Crippen LogP contribution in [-0.2, 0) is 4.74 Å². The molecule has 0 aliphatic heterocycles. The minimum atomic E-state index is 0.220. The highest BCUT2D eigenvalue weighted by molar-refractivity contribution is 6.32. The van der Waals surface area contributed by atoms with E-state index in [1.54, 1.807) is 0 Å². The molecule has 0 aliphatic rings. The highest BCUT2D eigenvalue weighted by atomic mass is 35.5. The van der Waals surface area contributed by atoms with Gasteiger partial charge in [0, 0.05) is 6.54 Å². The van der Waals surface area contributed by atoms with Gasteiger partial charge in [-0.3, -0.25) is 0 Å². The molecule has 3 N–H and O–H groups in total. The molecule has 15 heavy (non-hydrogen) atoms. The van der Waals surface area contributed by atoms with Gasteiger partial charge in [-0.1, -0.05) is 11.6 Å². The lowest BCUT2D eigenvalue weighted by Crippen LogP contribution is -2.15. The van der Waals surface area contributed by atoms with Gasteiger partial charge in [0.1, 0.15) is 12.0 Å². The lowest BCUT2D eigenvalue weighted by atomic mass is 10.4. The Morgan fingerprint density at radius 3 is 2.93 bits per heavy atom. The zero-order chi connectivity index (χ0) is 11.3. The van der Waals surface area contributed by atoms with E-state index < -0.39 is 0 Å². The zero-order valence-electron chi connectivity index (χ0n) is 8.83. The van der Waals surface area contributed by atoms with E-state index in [4.69, 9.17) is 22.1 Å². The van der Waals surface area contributed by atoms with Gasteiger partial charge in [0.05, 0.1) is 12.7 Å². The summed E-state index contributed by atoms with van der Waals surface area (Å²) in [4.78, 5) is 7.72. The fourth-order valence-electron chi connectivity index (χ4n) is 0.979. The van der Waals surface area contributed by atoms with E-state index in [0.717, 1.165) is 0 Å². The molecule has 84 valence electrons. The van der Waals surface area contributed by atoms with Gasteiger partial charge in [-0.05, 0) is 13.8 Å². The van der Waals surface area contributed by atoms with E-state index in [9.17, 15) is 0 Å². The Kier molecular flexibility index (Phi) is 4.58. The van der Waals surface area contributed by atoms with Gasteiger partial charge in [0.2, 0.25) is 0 Å². The highest BCUT2D eigenvalue weighted by Gasteiger charge is 2.04. The molecule has 1 heterocycles. The fraction of sp³-hybridized carbons (Fsp3) is 0.556. The molecule has 5 nitrogen and oxygen atoms in total. The standard InChI is InChI=1S/C9H15ClN4O/c1-6(2)15-4-3-12-9-7(11)8(10)13-5-14-9/h5-6H,3-4,11H2,1-2H3,(H,12,13,14). The average Bonchev–Trinajstić information content (AvgIpc) is 2.18. The predicted octanol–water partition coefficient (Wildman–Crippen LogP) is 1.55. The summed E-state index contributed by atoms with van der Waals surface area (Å²) < 4.78 is 5.35. The van der Waals surface area contributed by atoms with Gasteiger partial charge >= 0.3 is 0 Å². The first kappa shape index (κ1) is 12.0. The normalized spacial score (nSPS) is 10.7. The minimum absolute atomic E-state index is 0.220. The number of halogens is 1. The Morgan fingerprint density at radius 1 is 1.53 bits per heavy atom. The van der Waals surface area contributed by atoms with Crippen molar-refractivity contribution >= 4 is 23.1 Å². The first-order valence-electron chi connectivity index (χ1n) is 4.72. The van der Waals surface area contributed by atoms with Crippen molar-refractivity contribution in [3.63, 3.8) is 0 Å². The van der Waals surface area contributed by atoms with Crippen LogP contribution in [-0.4, -0.2) is 29.2 Å². The molecule has 0 amide bonds. The van der Waals surface area contributed by atoms with E-state index in [0.29, 0.717) is 24.7 Å². The Bertz CT molecular complexity index is 319. The van der Waals surface area contributed by atoms with Crippen LogP contribution in [0.1, 0.15) is 13.8 Å². The maximum Gasteiger partial charge on any atom is 0.157 e. The molecule has 0 spiro atoms. The summed E-state index contributed by atoms with van der Waals surface area (Å²) in [5.74, 6) is 0.544. The van der Waals surface area contributed by atoms with Gasteiger partial charge in [-0.25, -0.2) is 9.97 Å². The van der Waals surface area contributed by atoms with Crippen molar-refractivity contribution in [2.45, 2.75) is 20.0 Å². The van der Waals surface area contributed by atoms with Crippen molar-refractivity contribution in [2.75, 3.05) is 24.2 Å². The van der Waals surface area contributed by atoms with Crippen molar-refractivity contribution < 1.29 is 4.74 Å². The minimum Gasteiger partial charge on any atom is -0.393 e. The first-order chi connectivity index (χ1) is 7.11. The molecule has 0 saturated carbocycles. The van der Waals surface area contributed by atoms with Crippen LogP contribution in [0.25, 0.3) is 0 Å². The van der Waals surface area contributed by atoms with Gasteiger partial charge < -0.3 is 15.8 Å². The first-order valence-corrected chi connectivity index (χ1v) is 5.10. The van der Waals surface area contributed by atoms with Crippen LogP contribution in [0.15, 0.2) is 6.33 Å². The molecule has 1 aromatic heterocycles. The highest BCUT2D eigenvalue weighted by Crippen LogP contribution is 2.21. The van der Waals surface area contributed by atoms with Crippen LogP contribution in [0, 0.1) is 0 Å². The van der Waals surface area contributed by atoms with Crippen LogP contribution in [0.5, 0.6) is 0 Å². The molecule has 0 unspecified atom stereocenters. The van der Waals surface area contributed by atoms with Crippen molar-refractivity contribution in [1.29, 1.82) is 0 Å². The number of nitrogens with two attached hydrogens (primary N) is 1. The molecule has 0 fully saturated rings. The van der Waals surface area contributed by atoms with Crippen LogP contribution >= 0.6 is 11.6 Å². The second-order valence-corrected chi connectivity index (χ2v) is 3.63. The van der Waals surface area contributed by atoms with Crippen LogP contribution < -0.4 is 11.1 Å². The Labute approximate surface area is 94.0 Å². The van der Waals surface area contributed by atoms with E-state index >= 15 is 0 Å². The van der Waals surface area contributed by atoms with E-state index in [-0.39, 0.29) is 11.3 Å². The fourth-order valence-corrected chi connectivity index (χ4v) is 1.11. The number of rotatable bonds is 5. The third-order valence-corrected chi connectivity index (χ3v) is 1.98. The number of ether oxygens (including phenoxy) is 1. The largest absolute Gasteiger partial charge is 0.393 e. The monoisotopic (exact) mass is 230 g/mol. The molecular weight excluding hydrogens is 216 g/mol. The molecular formula is C9H15ClN4O. The van der Waals surface area contributed by atoms with Crippen LogP contribution in [0.4, 0.5) is 11.5 Å². The summed E-state index contributed by atoms with van der Waals surface area (Å²) in [5, 5.41) is 3.28. The number of anilines is 2. The quantitative estimate of drug-likeness (QED) is 0.593. The Hall–Kier alpha value is -1.07. The van der Waals surface area contributed by atoms with Crippen LogP contribution in [0.3, 0.4) is 0 Å². The van der Waals surface area contributed by atoms with Crippen molar-refractivity contribution in [3.8, 4) is 0 Å². The van der Waals surface area contributed by atoms with E-state index in [2.05, 4.69) is 15.3 Å². The smallest absolute Gasteiger partial charge is 0.157 e. The lowest BCUT2D eigenvalue weighted by Gasteiger charge is -2.10. The van der Waals surface area contributed by atoms with Gasteiger partial charge in [0.15, 0.2) is 11.0 Å². The molecule has 1 aromatic rings.